The molecule has 0 saturated heterocycles. The molecule has 3 N–H and O–H groups in total. The van der Waals surface area contributed by atoms with Gasteiger partial charge in [-0.1, -0.05) is 0 Å². The van der Waals surface area contributed by atoms with Crippen molar-refractivity contribution in [1.82, 2.24) is 0 Å². The second kappa shape index (κ2) is 5.70. The van der Waals surface area contributed by atoms with Crippen LogP contribution in [0.3, 0.4) is 0 Å². The van der Waals surface area contributed by atoms with Crippen molar-refractivity contribution in [3.05, 3.63) is 54.3 Å². The van der Waals surface area contributed by atoms with Gasteiger partial charge in [0.15, 0.2) is 0 Å². The molecule has 3 nitrogen and oxygen atoms in total. The Kier molecular flexibility index (Phi) is 4.86. The molecule has 0 radical (unpaired) electrons. The third kappa shape index (κ3) is 2.92. The molecule has 0 saturated carbocycles. The molecule has 0 atom stereocenters. The van der Waals surface area contributed by atoms with Crippen LogP contribution >= 0.6 is 71.0 Å². The third-order valence-corrected chi connectivity index (χ3v) is 9.98. The Morgan fingerprint density at radius 1 is 0.650 bits per heavy atom. The van der Waals surface area contributed by atoms with Crippen LogP contribution in [0.5, 0.6) is 0 Å². The molecule has 0 bridgehead atoms. The molecule has 0 spiro atoms. The van der Waals surface area contributed by atoms with Gasteiger partial charge in [-0.3, -0.25) is 0 Å². The van der Waals surface area contributed by atoms with Crippen molar-refractivity contribution in [2.24, 2.45) is 0 Å². The molecule has 0 aromatic heterocycles. The Hall–Kier alpha value is 0.670. The second-order valence-electron chi connectivity index (χ2n) is 4.13. The van der Waals surface area contributed by atoms with E-state index in [1.165, 1.54) is 12.1 Å². The molecule has 2 aromatic rings. The Labute approximate surface area is 149 Å². The predicted octanol–water partition coefficient (Wildman–Crippen LogP) is 3.96. The molecule has 0 fully saturated rings. The molecule has 0 amide bonds. The van der Waals surface area contributed by atoms with Crippen molar-refractivity contribution in [3.8, 4) is 0 Å². The first-order chi connectivity index (χ1) is 9.13. The Morgan fingerprint density at radius 3 is 1.35 bits per heavy atom. The monoisotopic (exact) mass is 548 g/mol. The first-order valence-corrected chi connectivity index (χ1v) is 10.6. The minimum absolute atomic E-state index is 0.0316. The molecular weight excluding hydrogens is 543 g/mol. The van der Waals surface area contributed by atoms with E-state index in [0.717, 1.165) is 0 Å². The van der Waals surface area contributed by atoms with Gasteiger partial charge in [-0.15, -0.1) is 0 Å². The summed E-state index contributed by atoms with van der Waals surface area (Å²) in [7, 11) is -5.25. The Balaban J connectivity index is 2.79. The van der Waals surface area contributed by atoms with E-state index in [2.05, 4.69) is 63.7 Å². The fraction of sp³-hybridized carbons (Fsp3) is 0. The van der Waals surface area contributed by atoms with Gasteiger partial charge in [0.2, 0.25) is 0 Å². The molecule has 20 heavy (non-hydrogen) atoms. The third-order valence-electron chi connectivity index (χ3n) is 2.75. The Morgan fingerprint density at radius 2 is 1.00 bits per heavy atom. The van der Waals surface area contributed by atoms with Crippen molar-refractivity contribution in [2.45, 2.75) is 0 Å². The fourth-order valence-corrected chi connectivity index (χ4v) is 7.22. The normalized spacial score (nSPS) is 13.8. The molecule has 0 aliphatic carbocycles. The van der Waals surface area contributed by atoms with E-state index in [4.69, 9.17) is 0 Å². The summed E-state index contributed by atoms with van der Waals surface area (Å²) in [5, 5.41) is 0.0633. The summed E-state index contributed by atoms with van der Waals surface area (Å²) in [5.74, 6) is 0. The van der Waals surface area contributed by atoms with Gasteiger partial charge in [-0.05, 0) is 0 Å². The van der Waals surface area contributed by atoms with Crippen LogP contribution in [0.25, 0.3) is 0 Å². The Bertz CT molecular complexity index is 627. The maximum absolute atomic E-state index is 10.7. The van der Waals surface area contributed by atoms with Crippen LogP contribution < -0.4 is 10.6 Å². The van der Waals surface area contributed by atoms with Gasteiger partial charge in [-0.25, -0.2) is 0 Å². The minimum atomic E-state index is -5.25. The topological polar surface area (TPSA) is 60.7 Å². The quantitative estimate of drug-likeness (QED) is 0.496. The molecule has 108 valence electrons. The zero-order valence-corrected chi connectivity index (χ0v) is 17.0. The zero-order chi connectivity index (χ0) is 15.2. The van der Waals surface area contributed by atoms with Crippen LogP contribution in [0.2, 0.25) is 0 Å². The first-order valence-electron chi connectivity index (χ1n) is 5.29. The first kappa shape index (κ1) is 17.0. The van der Waals surface area contributed by atoms with E-state index in [1.807, 2.05) is 0 Å². The average Bonchev–Trinajstić information content (AvgIpc) is 2.35. The van der Waals surface area contributed by atoms with E-state index < -0.39 is 7.28 Å². The molecule has 2 aromatic carbocycles. The van der Waals surface area contributed by atoms with Gasteiger partial charge in [0, 0.05) is 0 Å². The number of halogens is 4. The number of hydrogen-bond acceptors (Lipinski definition) is 3. The van der Waals surface area contributed by atoms with Crippen LogP contribution in [0.15, 0.2) is 54.3 Å². The van der Waals surface area contributed by atoms with E-state index in [-0.39, 0.29) is 10.6 Å². The van der Waals surface area contributed by atoms with Crippen LogP contribution in [-0.2, 0) is 0 Å². The van der Waals surface area contributed by atoms with Gasteiger partial charge in [0.1, 0.15) is 0 Å². The van der Waals surface area contributed by atoms with Crippen molar-refractivity contribution in [3.63, 3.8) is 0 Å². The summed E-state index contributed by atoms with van der Waals surface area (Å²) < 4.78 is 2.04. The van der Waals surface area contributed by atoms with Gasteiger partial charge in [0.25, 0.3) is 0 Å². The van der Waals surface area contributed by atoms with E-state index >= 15 is 0 Å². The van der Waals surface area contributed by atoms with Crippen molar-refractivity contribution in [2.75, 3.05) is 0 Å². The molecule has 8 heteroatoms. The molecule has 0 aliphatic heterocycles. The van der Waals surface area contributed by atoms with Gasteiger partial charge in [-0.2, -0.15) is 0 Å². The summed E-state index contributed by atoms with van der Waals surface area (Å²) in [6, 6.07) is 9.66. The fourth-order valence-electron chi connectivity index (χ4n) is 1.75. The number of rotatable bonds is 2. The van der Waals surface area contributed by atoms with Crippen molar-refractivity contribution < 1.29 is 14.7 Å². The average molecular weight is 552 g/mol. The standard InChI is InChI=1S/C12H9Br4O3P/c13-7-3-1-5-9(11(7)15)20(17,18,19)10-6-2-4-8(14)12(10)16/h1-6,17-19H. The predicted molar refractivity (Wildman–Crippen MR) is 96.5 cm³/mol. The van der Waals surface area contributed by atoms with E-state index in [9.17, 15) is 14.7 Å². The van der Waals surface area contributed by atoms with Crippen molar-refractivity contribution in [1.29, 1.82) is 0 Å². The summed E-state index contributed by atoms with van der Waals surface area (Å²) in [5.41, 5.74) is 0. The van der Waals surface area contributed by atoms with Crippen molar-refractivity contribution >= 4 is 81.6 Å². The molecule has 0 aliphatic rings. The van der Waals surface area contributed by atoms with Crippen LogP contribution in [0.4, 0.5) is 0 Å². The van der Waals surface area contributed by atoms with Gasteiger partial charge in [0.05, 0.1) is 0 Å². The zero-order valence-electron chi connectivity index (χ0n) is 9.76. The summed E-state index contributed by atoms with van der Waals surface area (Å²) in [6.45, 7) is 0. The SMILES string of the molecule is OP(O)(O)(c1cccc(Br)c1Br)c1cccc(Br)c1Br. The maximum atomic E-state index is 10.7. The summed E-state index contributed by atoms with van der Waals surface area (Å²) in [6.07, 6.45) is 0. The molecular formula is C12H9Br4O3P. The van der Waals surface area contributed by atoms with Crippen LogP contribution in [0, 0.1) is 0 Å². The number of benzene rings is 2. The molecule has 0 heterocycles. The van der Waals surface area contributed by atoms with Gasteiger partial charge < -0.3 is 0 Å². The van der Waals surface area contributed by atoms with Crippen LogP contribution in [0.1, 0.15) is 0 Å². The van der Waals surface area contributed by atoms with Gasteiger partial charge >= 0.3 is 151 Å². The van der Waals surface area contributed by atoms with E-state index in [1.54, 1.807) is 24.3 Å². The van der Waals surface area contributed by atoms with E-state index in [0.29, 0.717) is 17.9 Å². The summed E-state index contributed by atoms with van der Waals surface area (Å²) >= 11 is 13.1. The van der Waals surface area contributed by atoms with Crippen LogP contribution in [-0.4, -0.2) is 14.7 Å². The number of hydrogen-bond donors (Lipinski definition) is 3. The second-order valence-corrected chi connectivity index (χ2v) is 10.3. The summed E-state index contributed by atoms with van der Waals surface area (Å²) in [4.78, 5) is 32.0. The molecule has 2 rings (SSSR count). The molecule has 0 unspecified atom stereocenters.